The smallest absolute Gasteiger partial charge is 0.254 e. The summed E-state index contributed by atoms with van der Waals surface area (Å²) in [6.45, 7) is 6.14. The van der Waals surface area contributed by atoms with Gasteiger partial charge in [0.05, 0.1) is 10.6 Å². The molecule has 0 saturated heterocycles. The minimum absolute atomic E-state index is 0.192. The Bertz CT molecular complexity index is 562. The molecule has 6 heteroatoms. The molecule has 2 heterocycles. The Hall–Kier alpha value is -1.66. The Kier molecular flexibility index (Phi) is 4.34. The van der Waals surface area contributed by atoms with Gasteiger partial charge in [-0.2, -0.15) is 5.10 Å². The van der Waals surface area contributed by atoms with Crippen molar-refractivity contribution in [3.8, 4) is 10.6 Å². The molecule has 19 heavy (non-hydrogen) atoms. The minimum Gasteiger partial charge on any atom is -0.369 e. The van der Waals surface area contributed by atoms with Gasteiger partial charge >= 0.3 is 0 Å². The number of thiophene rings is 1. The molecule has 1 atom stereocenters. The molecule has 0 spiro atoms. The van der Waals surface area contributed by atoms with Gasteiger partial charge in [-0.25, -0.2) is 0 Å². The number of anilines is 1. The molecule has 5 nitrogen and oxygen atoms in total. The zero-order valence-electron chi connectivity index (χ0n) is 11.2. The summed E-state index contributed by atoms with van der Waals surface area (Å²) < 4.78 is 5.22. The number of carbonyl (C=O) groups excluding carboxylic acids is 1. The van der Waals surface area contributed by atoms with Crippen LogP contribution in [0.1, 0.15) is 18.7 Å². The first-order valence-corrected chi connectivity index (χ1v) is 6.96. The van der Waals surface area contributed by atoms with Gasteiger partial charge in [-0.15, -0.1) is 11.3 Å². The first-order chi connectivity index (χ1) is 9.10. The summed E-state index contributed by atoms with van der Waals surface area (Å²) in [5.74, 6) is 0.319. The number of hydrogen-bond donors (Lipinski definition) is 2. The fourth-order valence-electron chi connectivity index (χ4n) is 1.64. The lowest BCUT2D eigenvalue weighted by Crippen LogP contribution is -2.27. The van der Waals surface area contributed by atoms with Crippen LogP contribution in [0.4, 0.5) is 5.82 Å². The summed E-state index contributed by atoms with van der Waals surface area (Å²) >= 11 is 1.68. The van der Waals surface area contributed by atoms with E-state index in [1.54, 1.807) is 18.3 Å². The van der Waals surface area contributed by atoms with Gasteiger partial charge in [0.2, 0.25) is 0 Å². The monoisotopic (exact) mass is 279 g/mol. The van der Waals surface area contributed by atoms with Crippen molar-refractivity contribution in [1.29, 1.82) is 0 Å². The van der Waals surface area contributed by atoms with Crippen LogP contribution in [0.2, 0.25) is 0 Å². The molecule has 0 aliphatic carbocycles. The number of nitrogens with zero attached hydrogens (tertiary/aromatic N) is 1. The summed E-state index contributed by atoms with van der Waals surface area (Å²) in [6.07, 6.45) is -0.478. The molecule has 1 amide bonds. The number of aromatic nitrogens is 2. The Labute approximate surface area is 116 Å². The first-order valence-electron chi connectivity index (χ1n) is 6.15. The van der Waals surface area contributed by atoms with E-state index in [1.165, 1.54) is 4.88 Å². The average Bonchev–Trinajstić information content (AvgIpc) is 2.98. The van der Waals surface area contributed by atoms with Gasteiger partial charge in [-0.05, 0) is 32.9 Å². The Morgan fingerprint density at radius 1 is 1.58 bits per heavy atom. The van der Waals surface area contributed by atoms with E-state index in [1.807, 2.05) is 19.1 Å². The summed E-state index contributed by atoms with van der Waals surface area (Å²) in [4.78, 5) is 14.1. The molecule has 0 aromatic carbocycles. The highest BCUT2D eigenvalue weighted by atomic mass is 32.1. The highest BCUT2D eigenvalue weighted by molar-refractivity contribution is 7.15. The lowest BCUT2D eigenvalue weighted by molar-refractivity contribution is -0.126. The van der Waals surface area contributed by atoms with Crippen LogP contribution in [0, 0.1) is 6.92 Å². The number of aromatic amines is 1. The van der Waals surface area contributed by atoms with Crippen LogP contribution in [-0.2, 0) is 9.53 Å². The maximum Gasteiger partial charge on any atom is 0.254 e. The Morgan fingerprint density at radius 3 is 3.00 bits per heavy atom. The lowest BCUT2D eigenvalue weighted by atomic mass is 10.3. The quantitative estimate of drug-likeness (QED) is 0.884. The van der Waals surface area contributed by atoms with Crippen molar-refractivity contribution in [1.82, 2.24) is 10.2 Å². The highest BCUT2D eigenvalue weighted by Gasteiger charge is 2.14. The summed E-state index contributed by atoms with van der Waals surface area (Å²) in [5.41, 5.74) is 0.900. The van der Waals surface area contributed by atoms with Gasteiger partial charge in [-0.3, -0.25) is 9.89 Å². The van der Waals surface area contributed by atoms with Gasteiger partial charge in [0.15, 0.2) is 5.82 Å². The van der Waals surface area contributed by atoms with Crippen molar-refractivity contribution in [2.45, 2.75) is 26.9 Å². The molecule has 0 aliphatic heterocycles. The van der Waals surface area contributed by atoms with Crippen molar-refractivity contribution < 1.29 is 9.53 Å². The van der Waals surface area contributed by atoms with E-state index in [-0.39, 0.29) is 5.91 Å². The standard InChI is InChI=1S/C13H17N3O2S/c1-4-18-9(3)13(17)14-12-7-10(15-16-12)11-6-5-8(2)19-11/h5-7,9H,4H2,1-3H3,(H2,14,15,16,17)/t9-/m0/s1. The molecule has 0 bridgehead atoms. The molecule has 0 saturated carbocycles. The van der Waals surface area contributed by atoms with E-state index >= 15 is 0 Å². The molecule has 2 aromatic rings. The number of hydrogen-bond acceptors (Lipinski definition) is 4. The van der Waals surface area contributed by atoms with Crippen molar-refractivity contribution in [3.05, 3.63) is 23.1 Å². The van der Waals surface area contributed by atoms with E-state index in [0.717, 1.165) is 10.6 Å². The minimum atomic E-state index is -0.478. The van der Waals surface area contributed by atoms with Crippen LogP contribution in [0.3, 0.4) is 0 Å². The zero-order valence-corrected chi connectivity index (χ0v) is 12.0. The normalized spacial score (nSPS) is 12.4. The molecule has 2 N–H and O–H groups in total. The Balaban J connectivity index is 2.03. The molecule has 0 radical (unpaired) electrons. The second-order valence-corrected chi connectivity index (χ2v) is 5.45. The lowest BCUT2D eigenvalue weighted by Gasteiger charge is -2.09. The molecule has 2 rings (SSSR count). The number of rotatable bonds is 5. The van der Waals surface area contributed by atoms with Gasteiger partial charge in [0, 0.05) is 17.6 Å². The molecule has 0 aliphatic rings. The number of aryl methyl sites for hydroxylation is 1. The maximum absolute atomic E-state index is 11.8. The number of amides is 1. The second-order valence-electron chi connectivity index (χ2n) is 4.16. The molecule has 102 valence electrons. The number of ether oxygens (including phenoxy) is 1. The number of nitrogens with one attached hydrogen (secondary N) is 2. The van der Waals surface area contributed by atoms with Gasteiger partial charge in [0.25, 0.3) is 5.91 Å². The fourth-order valence-corrected chi connectivity index (χ4v) is 2.48. The maximum atomic E-state index is 11.8. The highest BCUT2D eigenvalue weighted by Crippen LogP contribution is 2.27. The van der Waals surface area contributed by atoms with E-state index in [4.69, 9.17) is 4.74 Å². The van der Waals surface area contributed by atoms with Crippen LogP contribution in [-0.4, -0.2) is 28.8 Å². The van der Waals surface area contributed by atoms with E-state index in [9.17, 15) is 4.79 Å². The summed E-state index contributed by atoms with van der Waals surface area (Å²) in [7, 11) is 0. The Morgan fingerprint density at radius 2 is 2.37 bits per heavy atom. The molecule has 0 fully saturated rings. The van der Waals surface area contributed by atoms with Gasteiger partial charge < -0.3 is 10.1 Å². The number of carbonyl (C=O) groups is 1. The second kappa shape index (κ2) is 5.99. The largest absolute Gasteiger partial charge is 0.369 e. The SMILES string of the molecule is CCO[C@@H](C)C(=O)Nc1cc(-c2ccc(C)s2)[nH]n1. The first kappa shape index (κ1) is 13.8. The average molecular weight is 279 g/mol. The predicted molar refractivity (Wildman–Crippen MR) is 76.4 cm³/mol. The van der Waals surface area contributed by atoms with Crippen LogP contribution in [0.25, 0.3) is 10.6 Å². The van der Waals surface area contributed by atoms with Crippen molar-refractivity contribution in [2.75, 3.05) is 11.9 Å². The van der Waals surface area contributed by atoms with Gasteiger partial charge in [-0.1, -0.05) is 0 Å². The zero-order chi connectivity index (χ0) is 13.8. The molecule has 0 unspecified atom stereocenters. The third-order valence-corrected chi connectivity index (χ3v) is 3.65. The fraction of sp³-hybridized carbons (Fsp3) is 0.385. The van der Waals surface area contributed by atoms with E-state index in [0.29, 0.717) is 12.4 Å². The molecular weight excluding hydrogens is 262 g/mol. The van der Waals surface area contributed by atoms with E-state index in [2.05, 4.69) is 28.5 Å². The van der Waals surface area contributed by atoms with E-state index < -0.39 is 6.10 Å². The van der Waals surface area contributed by atoms with Crippen molar-refractivity contribution in [2.24, 2.45) is 0 Å². The van der Waals surface area contributed by atoms with Crippen LogP contribution < -0.4 is 5.32 Å². The van der Waals surface area contributed by atoms with Crippen molar-refractivity contribution >= 4 is 23.1 Å². The topological polar surface area (TPSA) is 67.0 Å². The summed E-state index contributed by atoms with van der Waals surface area (Å²) in [5, 5.41) is 9.72. The molecular formula is C13H17N3O2S. The predicted octanol–water partition coefficient (Wildman–Crippen LogP) is 2.81. The summed E-state index contributed by atoms with van der Waals surface area (Å²) in [6, 6.07) is 5.90. The molecule has 2 aromatic heterocycles. The third kappa shape index (κ3) is 3.42. The van der Waals surface area contributed by atoms with Crippen LogP contribution in [0.15, 0.2) is 18.2 Å². The van der Waals surface area contributed by atoms with Crippen LogP contribution in [0.5, 0.6) is 0 Å². The number of H-pyrrole nitrogens is 1. The van der Waals surface area contributed by atoms with Gasteiger partial charge in [0.1, 0.15) is 6.10 Å². The van der Waals surface area contributed by atoms with Crippen molar-refractivity contribution in [3.63, 3.8) is 0 Å². The third-order valence-electron chi connectivity index (χ3n) is 2.62. The van der Waals surface area contributed by atoms with Crippen LogP contribution >= 0.6 is 11.3 Å².